The normalized spacial score (nSPS) is 16.5. The molecule has 1 saturated heterocycles. The molecule has 0 atom stereocenters. The molecule has 27 heavy (non-hydrogen) atoms. The van der Waals surface area contributed by atoms with Gasteiger partial charge in [-0.3, -0.25) is 4.99 Å². The molecule has 1 aliphatic rings. The van der Waals surface area contributed by atoms with Crippen molar-refractivity contribution < 1.29 is 9.13 Å². The molecule has 6 heteroatoms. The van der Waals surface area contributed by atoms with Gasteiger partial charge in [-0.2, -0.15) is 0 Å². The highest BCUT2D eigenvalue weighted by atomic mass is 127. The van der Waals surface area contributed by atoms with Gasteiger partial charge in [0.25, 0.3) is 0 Å². The topological polar surface area (TPSA) is 59.6 Å². The van der Waals surface area contributed by atoms with E-state index in [2.05, 4.69) is 36.3 Å². The van der Waals surface area contributed by atoms with E-state index >= 15 is 0 Å². The van der Waals surface area contributed by atoms with Crippen LogP contribution >= 0.6 is 24.0 Å². The summed E-state index contributed by atoms with van der Waals surface area (Å²) in [4.78, 5) is 4.58. The second kappa shape index (κ2) is 9.50. The molecule has 0 amide bonds. The van der Waals surface area contributed by atoms with Crippen molar-refractivity contribution in [3.63, 3.8) is 0 Å². The number of ether oxygens (including phenoxy) is 1. The lowest BCUT2D eigenvalue weighted by Gasteiger charge is -2.36. The van der Waals surface area contributed by atoms with E-state index in [0.29, 0.717) is 25.7 Å². The molecule has 2 aromatic rings. The fraction of sp³-hybridized carbons (Fsp3) is 0.381. The van der Waals surface area contributed by atoms with Crippen molar-refractivity contribution >= 4 is 35.6 Å². The SMILES string of the molecule is Cc1ccc(NC(N)=NCC2(c3cccc(F)c3)CCOCC2)cc1C.I. The van der Waals surface area contributed by atoms with E-state index in [4.69, 9.17) is 10.5 Å². The average Bonchev–Trinajstić information content (AvgIpc) is 2.64. The summed E-state index contributed by atoms with van der Waals surface area (Å²) in [5.74, 6) is 0.147. The van der Waals surface area contributed by atoms with Gasteiger partial charge in [0.1, 0.15) is 5.82 Å². The third-order valence-corrected chi connectivity index (χ3v) is 5.22. The van der Waals surface area contributed by atoms with Crippen molar-refractivity contribution in [2.45, 2.75) is 32.1 Å². The van der Waals surface area contributed by atoms with Crippen LogP contribution < -0.4 is 11.1 Å². The molecule has 0 aliphatic carbocycles. The zero-order valence-electron chi connectivity index (χ0n) is 15.8. The highest BCUT2D eigenvalue weighted by molar-refractivity contribution is 14.0. The quantitative estimate of drug-likeness (QED) is 0.382. The third-order valence-electron chi connectivity index (χ3n) is 5.22. The molecule has 0 aromatic heterocycles. The van der Waals surface area contributed by atoms with Crippen LogP contribution in [0.1, 0.15) is 29.5 Å². The van der Waals surface area contributed by atoms with Crippen LogP contribution in [0.15, 0.2) is 47.5 Å². The Morgan fingerprint density at radius 3 is 2.56 bits per heavy atom. The van der Waals surface area contributed by atoms with E-state index < -0.39 is 0 Å². The van der Waals surface area contributed by atoms with E-state index in [1.807, 2.05) is 12.1 Å². The molecule has 3 N–H and O–H groups in total. The first-order valence-electron chi connectivity index (χ1n) is 8.96. The molecule has 0 bridgehead atoms. The minimum atomic E-state index is -0.240. The maximum Gasteiger partial charge on any atom is 0.193 e. The van der Waals surface area contributed by atoms with Crippen molar-refractivity contribution in [1.29, 1.82) is 0 Å². The number of rotatable bonds is 4. The highest BCUT2D eigenvalue weighted by Gasteiger charge is 2.34. The average molecular weight is 483 g/mol. The van der Waals surface area contributed by atoms with Crippen molar-refractivity contribution in [2.24, 2.45) is 10.7 Å². The van der Waals surface area contributed by atoms with Crippen LogP contribution in [0, 0.1) is 19.7 Å². The summed E-state index contributed by atoms with van der Waals surface area (Å²) in [7, 11) is 0. The molecule has 2 aromatic carbocycles. The number of hydrogen-bond donors (Lipinski definition) is 2. The fourth-order valence-corrected chi connectivity index (χ4v) is 3.36. The molecular formula is C21H27FIN3O. The Kier molecular flexibility index (Phi) is 7.61. The predicted octanol–water partition coefficient (Wildman–Crippen LogP) is 4.54. The Balaban J connectivity index is 0.00000261. The maximum atomic E-state index is 13.7. The van der Waals surface area contributed by atoms with Gasteiger partial charge in [0.05, 0.1) is 6.54 Å². The molecule has 0 unspecified atom stereocenters. The summed E-state index contributed by atoms with van der Waals surface area (Å²) < 4.78 is 19.3. The second-order valence-electron chi connectivity index (χ2n) is 7.03. The lowest BCUT2D eigenvalue weighted by Crippen LogP contribution is -2.38. The highest BCUT2D eigenvalue weighted by Crippen LogP contribution is 2.35. The zero-order chi connectivity index (χ0) is 18.6. The van der Waals surface area contributed by atoms with Gasteiger partial charge in [-0.15, -0.1) is 24.0 Å². The predicted molar refractivity (Wildman–Crippen MR) is 120 cm³/mol. The number of benzene rings is 2. The number of halogens is 2. The van der Waals surface area contributed by atoms with E-state index in [1.54, 1.807) is 12.1 Å². The molecule has 3 rings (SSSR count). The lowest BCUT2D eigenvalue weighted by atomic mass is 9.74. The van der Waals surface area contributed by atoms with Crippen molar-refractivity contribution in [2.75, 3.05) is 25.1 Å². The summed E-state index contributed by atoms with van der Waals surface area (Å²) in [5.41, 5.74) is 10.2. The van der Waals surface area contributed by atoms with Crippen LogP contribution in [-0.2, 0) is 10.2 Å². The van der Waals surface area contributed by atoms with Gasteiger partial charge in [0.2, 0.25) is 0 Å². The first kappa shape index (κ1) is 21.6. The van der Waals surface area contributed by atoms with E-state index in [1.165, 1.54) is 17.2 Å². The molecule has 1 aliphatic heterocycles. The van der Waals surface area contributed by atoms with E-state index in [9.17, 15) is 4.39 Å². The number of nitrogens with one attached hydrogen (secondary N) is 1. The van der Waals surface area contributed by atoms with E-state index in [-0.39, 0.29) is 35.2 Å². The summed E-state index contributed by atoms with van der Waals surface area (Å²) in [6, 6.07) is 12.9. The minimum absolute atomic E-state index is 0. The van der Waals surface area contributed by atoms with Crippen LogP contribution in [0.5, 0.6) is 0 Å². The minimum Gasteiger partial charge on any atom is -0.381 e. The number of hydrogen-bond acceptors (Lipinski definition) is 2. The summed E-state index contributed by atoms with van der Waals surface area (Å²) in [6.07, 6.45) is 1.60. The van der Waals surface area contributed by atoms with Gasteiger partial charge in [-0.05, 0) is 67.6 Å². The first-order chi connectivity index (χ1) is 12.5. The van der Waals surface area contributed by atoms with Crippen molar-refractivity contribution in [3.05, 3.63) is 65.0 Å². The van der Waals surface area contributed by atoms with Crippen molar-refractivity contribution in [1.82, 2.24) is 0 Å². The largest absolute Gasteiger partial charge is 0.381 e. The molecule has 4 nitrogen and oxygen atoms in total. The summed E-state index contributed by atoms with van der Waals surface area (Å²) in [5, 5.41) is 3.15. The number of aliphatic imine (C=N–C) groups is 1. The number of nitrogens with two attached hydrogens (primary N) is 1. The van der Waals surface area contributed by atoms with Crippen LogP contribution in [0.3, 0.4) is 0 Å². The number of guanidine groups is 1. The Morgan fingerprint density at radius 1 is 1.15 bits per heavy atom. The lowest BCUT2D eigenvalue weighted by molar-refractivity contribution is 0.0530. The Hall–Kier alpha value is -1.67. The molecule has 0 spiro atoms. The zero-order valence-corrected chi connectivity index (χ0v) is 18.1. The Morgan fingerprint density at radius 2 is 1.89 bits per heavy atom. The number of aryl methyl sites for hydroxylation is 2. The van der Waals surface area contributed by atoms with Crippen LogP contribution in [-0.4, -0.2) is 25.7 Å². The first-order valence-corrected chi connectivity index (χ1v) is 8.96. The summed E-state index contributed by atoms with van der Waals surface area (Å²) in [6.45, 7) is 5.94. The van der Waals surface area contributed by atoms with Gasteiger partial charge >= 0.3 is 0 Å². The maximum absolute atomic E-state index is 13.7. The van der Waals surface area contributed by atoms with Crippen molar-refractivity contribution in [3.8, 4) is 0 Å². The van der Waals surface area contributed by atoms with Gasteiger partial charge < -0.3 is 15.8 Å². The van der Waals surface area contributed by atoms with Crippen LogP contribution in [0.25, 0.3) is 0 Å². The number of nitrogens with zero attached hydrogens (tertiary/aromatic N) is 1. The molecule has 146 valence electrons. The second-order valence-corrected chi connectivity index (χ2v) is 7.03. The van der Waals surface area contributed by atoms with E-state index in [0.717, 1.165) is 24.1 Å². The smallest absolute Gasteiger partial charge is 0.193 e. The standard InChI is InChI=1S/C21H26FN3O.HI/c1-15-6-7-19(12-16(15)2)25-20(23)24-14-21(8-10-26-11-9-21)17-4-3-5-18(22)13-17;/h3-7,12-13H,8-11,14H2,1-2H3,(H3,23,24,25);1H. The molecule has 1 fully saturated rings. The van der Waals surface area contributed by atoms with Gasteiger partial charge in [-0.25, -0.2) is 4.39 Å². The third kappa shape index (κ3) is 5.42. The summed E-state index contributed by atoms with van der Waals surface area (Å²) >= 11 is 0. The van der Waals surface area contributed by atoms with Crippen LogP contribution in [0.4, 0.5) is 10.1 Å². The van der Waals surface area contributed by atoms with Crippen LogP contribution in [0.2, 0.25) is 0 Å². The molecule has 0 saturated carbocycles. The monoisotopic (exact) mass is 483 g/mol. The van der Waals surface area contributed by atoms with Gasteiger partial charge in [0.15, 0.2) is 5.96 Å². The molecule has 0 radical (unpaired) electrons. The Bertz CT molecular complexity index is 804. The molecular weight excluding hydrogens is 456 g/mol. The molecule has 1 heterocycles. The fourth-order valence-electron chi connectivity index (χ4n) is 3.36. The number of anilines is 1. The van der Waals surface area contributed by atoms with Gasteiger partial charge in [-0.1, -0.05) is 18.2 Å². The van der Waals surface area contributed by atoms with Gasteiger partial charge in [0, 0.05) is 24.3 Å². The Labute approximate surface area is 177 Å².